The summed E-state index contributed by atoms with van der Waals surface area (Å²) < 4.78 is 22.1. The van der Waals surface area contributed by atoms with Crippen molar-refractivity contribution in [2.45, 2.75) is 33.2 Å². The van der Waals surface area contributed by atoms with Crippen LogP contribution in [0.2, 0.25) is 0 Å². The average Bonchev–Trinajstić information content (AvgIpc) is 2.68. The van der Waals surface area contributed by atoms with Gasteiger partial charge in [-0.2, -0.15) is 0 Å². The van der Waals surface area contributed by atoms with Crippen LogP contribution in [0.4, 0.5) is 0 Å². The van der Waals surface area contributed by atoms with E-state index in [0.29, 0.717) is 13.2 Å². The molecule has 0 saturated carbocycles. The minimum atomic E-state index is -0.296. The maximum atomic E-state index is 5.66. The molecule has 5 nitrogen and oxygen atoms in total. The van der Waals surface area contributed by atoms with Crippen molar-refractivity contribution < 1.29 is 18.9 Å². The van der Waals surface area contributed by atoms with E-state index in [9.17, 15) is 0 Å². The minimum Gasteiger partial charge on any atom is -0.497 e. The van der Waals surface area contributed by atoms with Gasteiger partial charge in [-0.05, 0) is 32.5 Å². The maximum Gasteiger partial charge on any atom is 0.183 e. The van der Waals surface area contributed by atoms with Gasteiger partial charge in [0.15, 0.2) is 6.29 Å². The van der Waals surface area contributed by atoms with E-state index in [2.05, 4.69) is 36.2 Å². The van der Waals surface area contributed by atoms with Gasteiger partial charge in [0.25, 0.3) is 0 Å². The third-order valence-electron chi connectivity index (χ3n) is 4.27. The zero-order valence-corrected chi connectivity index (χ0v) is 17.0. The van der Waals surface area contributed by atoms with Crippen molar-refractivity contribution in [1.29, 1.82) is 0 Å². The molecule has 0 bridgehead atoms. The molecule has 0 heterocycles. The van der Waals surface area contributed by atoms with E-state index in [4.69, 9.17) is 18.9 Å². The van der Waals surface area contributed by atoms with Gasteiger partial charge in [0.05, 0.1) is 14.2 Å². The fourth-order valence-corrected chi connectivity index (χ4v) is 2.96. The van der Waals surface area contributed by atoms with Crippen LogP contribution in [0.1, 0.15) is 36.8 Å². The largest absolute Gasteiger partial charge is 0.497 e. The van der Waals surface area contributed by atoms with Gasteiger partial charge < -0.3 is 18.9 Å². The second kappa shape index (κ2) is 10.9. The van der Waals surface area contributed by atoms with Gasteiger partial charge in [-0.15, -0.1) is 0 Å². The molecule has 0 radical (unpaired) electrons. The highest BCUT2D eigenvalue weighted by Gasteiger charge is 2.12. The van der Waals surface area contributed by atoms with Crippen molar-refractivity contribution in [3.63, 3.8) is 0 Å². The summed E-state index contributed by atoms with van der Waals surface area (Å²) in [7, 11) is 5.44. The Bertz CT molecular complexity index is 681. The topological polar surface area (TPSA) is 40.2 Å². The van der Waals surface area contributed by atoms with Crippen molar-refractivity contribution in [2.24, 2.45) is 0 Å². The number of nitrogens with zero attached hydrogens (tertiary/aromatic N) is 1. The van der Waals surface area contributed by atoms with Gasteiger partial charge >= 0.3 is 0 Å². The number of benzene rings is 2. The van der Waals surface area contributed by atoms with Gasteiger partial charge in [0, 0.05) is 43.5 Å². The van der Waals surface area contributed by atoms with Crippen LogP contribution >= 0.6 is 0 Å². The molecule has 0 N–H and O–H groups in total. The van der Waals surface area contributed by atoms with E-state index in [1.807, 2.05) is 32.0 Å². The first kappa shape index (κ1) is 21.2. The number of hydrogen-bond donors (Lipinski definition) is 0. The molecule has 0 aromatic heterocycles. The third-order valence-corrected chi connectivity index (χ3v) is 4.27. The Morgan fingerprint density at radius 2 is 1.52 bits per heavy atom. The summed E-state index contributed by atoms with van der Waals surface area (Å²) >= 11 is 0. The molecule has 0 fully saturated rings. The molecule has 0 aliphatic heterocycles. The summed E-state index contributed by atoms with van der Waals surface area (Å²) in [5.74, 6) is 1.64. The second-order valence-electron chi connectivity index (χ2n) is 6.33. The van der Waals surface area contributed by atoms with Gasteiger partial charge in [-0.3, -0.25) is 4.90 Å². The zero-order valence-electron chi connectivity index (χ0n) is 17.0. The Labute approximate surface area is 162 Å². The molecule has 2 aromatic rings. The third kappa shape index (κ3) is 6.24. The fourth-order valence-electron chi connectivity index (χ4n) is 2.96. The molecule has 27 heavy (non-hydrogen) atoms. The van der Waals surface area contributed by atoms with Gasteiger partial charge in [-0.1, -0.05) is 30.3 Å². The van der Waals surface area contributed by atoms with E-state index >= 15 is 0 Å². The standard InChI is InChI=1S/C22H31NO4/c1-6-26-22(27-7-2)18-10-8-17(9-11-18)15-23(3)16-19-12-13-20(24-4)14-21(19)25-5/h8-14,22H,6-7,15-16H2,1-5H3. The van der Waals surface area contributed by atoms with E-state index in [-0.39, 0.29) is 6.29 Å². The number of hydrogen-bond acceptors (Lipinski definition) is 5. The van der Waals surface area contributed by atoms with Crippen LogP contribution in [0, 0.1) is 0 Å². The monoisotopic (exact) mass is 373 g/mol. The van der Waals surface area contributed by atoms with Crippen molar-refractivity contribution in [3.8, 4) is 11.5 Å². The summed E-state index contributed by atoms with van der Waals surface area (Å²) in [6.45, 7) is 6.82. The summed E-state index contributed by atoms with van der Waals surface area (Å²) in [6, 6.07) is 14.3. The Hall–Kier alpha value is -2.08. The predicted molar refractivity (Wildman–Crippen MR) is 107 cm³/mol. The minimum absolute atomic E-state index is 0.296. The molecule has 148 valence electrons. The Balaban J connectivity index is 2.00. The lowest BCUT2D eigenvalue weighted by molar-refractivity contribution is -0.140. The first-order valence-corrected chi connectivity index (χ1v) is 9.32. The summed E-state index contributed by atoms with van der Waals surface area (Å²) in [5, 5.41) is 0. The Morgan fingerprint density at radius 3 is 2.07 bits per heavy atom. The predicted octanol–water partition coefficient (Wildman–Crippen LogP) is 4.41. The normalized spacial score (nSPS) is 11.2. The maximum absolute atomic E-state index is 5.66. The first-order valence-electron chi connectivity index (χ1n) is 9.32. The van der Waals surface area contributed by atoms with E-state index < -0.39 is 0 Å². The van der Waals surface area contributed by atoms with Gasteiger partial charge in [0.1, 0.15) is 11.5 Å². The smallest absolute Gasteiger partial charge is 0.183 e. The molecule has 0 atom stereocenters. The summed E-state index contributed by atoms with van der Waals surface area (Å²) in [5.41, 5.74) is 3.41. The summed E-state index contributed by atoms with van der Waals surface area (Å²) in [4.78, 5) is 2.25. The molecule has 0 saturated heterocycles. The molecule has 0 aliphatic rings. The molecule has 0 spiro atoms. The summed E-state index contributed by atoms with van der Waals surface area (Å²) in [6.07, 6.45) is -0.296. The molecule has 0 unspecified atom stereocenters. The number of methoxy groups -OCH3 is 2. The van der Waals surface area contributed by atoms with Crippen LogP contribution in [0.15, 0.2) is 42.5 Å². The number of rotatable bonds is 11. The van der Waals surface area contributed by atoms with Gasteiger partial charge in [0.2, 0.25) is 0 Å². The zero-order chi connectivity index (χ0) is 19.6. The van der Waals surface area contributed by atoms with Crippen LogP contribution in [-0.4, -0.2) is 39.4 Å². The first-order chi connectivity index (χ1) is 13.1. The highest BCUT2D eigenvalue weighted by molar-refractivity contribution is 5.40. The highest BCUT2D eigenvalue weighted by atomic mass is 16.7. The van der Waals surface area contributed by atoms with Gasteiger partial charge in [-0.25, -0.2) is 0 Å². The van der Waals surface area contributed by atoms with Crippen molar-refractivity contribution >= 4 is 0 Å². The van der Waals surface area contributed by atoms with Crippen molar-refractivity contribution in [2.75, 3.05) is 34.5 Å². The molecular weight excluding hydrogens is 342 g/mol. The lowest BCUT2D eigenvalue weighted by atomic mass is 10.1. The lowest BCUT2D eigenvalue weighted by Gasteiger charge is -2.20. The molecule has 2 aromatic carbocycles. The van der Waals surface area contributed by atoms with Crippen LogP contribution in [-0.2, 0) is 22.6 Å². The molecule has 0 aliphatic carbocycles. The van der Waals surface area contributed by atoms with Crippen LogP contribution in [0.25, 0.3) is 0 Å². The second-order valence-corrected chi connectivity index (χ2v) is 6.33. The quantitative estimate of drug-likeness (QED) is 0.546. The van der Waals surface area contributed by atoms with Crippen LogP contribution in [0.3, 0.4) is 0 Å². The van der Waals surface area contributed by atoms with Crippen LogP contribution in [0.5, 0.6) is 11.5 Å². The molecule has 0 amide bonds. The Kier molecular flexibility index (Phi) is 8.58. The molecular formula is C22H31NO4. The van der Waals surface area contributed by atoms with Crippen molar-refractivity contribution in [3.05, 3.63) is 59.2 Å². The highest BCUT2D eigenvalue weighted by Crippen LogP contribution is 2.26. The number of ether oxygens (including phenoxy) is 4. The fraction of sp³-hybridized carbons (Fsp3) is 0.455. The SMILES string of the molecule is CCOC(OCC)c1ccc(CN(C)Cc2ccc(OC)cc2OC)cc1. The molecule has 2 rings (SSSR count). The van der Waals surface area contributed by atoms with E-state index in [1.54, 1.807) is 14.2 Å². The van der Waals surface area contributed by atoms with E-state index in [0.717, 1.165) is 35.7 Å². The lowest BCUT2D eigenvalue weighted by Crippen LogP contribution is -2.18. The van der Waals surface area contributed by atoms with Crippen LogP contribution < -0.4 is 9.47 Å². The van der Waals surface area contributed by atoms with Crippen molar-refractivity contribution in [1.82, 2.24) is 4.90 Å². The Morgan fingerprint density at radius 1 is 0.852 bits per heavy atom. The average molecular weight is 373 g/mol. The van der Waals surface area contributed by atoms with E-state index in [1.165, 1.54) is 5.56 Å². The molecule has 5 heteroatoms.